The largest absolute Gasteiger partial charge is 0.489 e. The molecule has 0 bridgehead atoms. The standard InChI is InChI=1S/C22H23N3O3/c1-3-13-28-18-12-8-7-11-17(18)20-19(15(2)24-22(27)25-20)21(26)23-14-16-9-5-4-6-10-16/h3-12,19-20H,1-2,13-14H2,(H,23,26)(H2,24,25,27)/t19-,20+/m0/s1. The van der Waals surface area contributed by atoms with Gasteiger partial charge >= 0.3 is 6.03 Å². The Morgan fingerprint density at radius 1 is 1.14 bits per heavy atom. The van der Waals surface area contributed by atoms with Gasteiger partial charge in [-0.25, -0.2) is 4.79 Å². The highest BCUT2D eigenvalue weighted by Gasteiger charge is 2.38. The first-order chi connectivity index (χ1) is 13.6. The van der Waals surface area contributed by atoms with Crippen LogP contribution in [0.4, 0.5) is 4.79 Å². The zero-order chi connectivity index (χ0) is 19.9. The number of hydrogen-bond donors (Lipinski definition) is 3. The van der Waals surface area contributed by atoms with Crippen molar-refractivity contribution in [2.24, 2.45) is 5.92 Å². The van der Waals surface area contributed by atoms with E-state index in [1.54, 1.807) is 12.1 Å². The zero-order valence-electron chi connectivity index (χ0n) is 15.5. The summed E-state index contributed by atoms with van der Waals surface area (Å²) in [5, 5.41) is 8.37. The molecule has 2 aromatic rings. The molecule has 0 spiro atoms. The predicted molar refractivity (Wildman–Crippen MR) is 107 cm³/mol. The highest BCUT2D eigenvalue weighted by Crippen LogP contribution is 2.35. The first-order valence-corrected chi connectivity index (χ1v) is 9.00. The Balaban J connectivity index is 1.85. The summed E-state index contributed by atoms with van der Waals surface area (Å²) in [7, 11) is 0. The summed E-state index contributed by atoms with van der Waals surface area (Å²) in [6.07, 6.45) is 1.64. The monoisotopic (exact) mass is 377 g/mol. The van der Waals surface area contributed by atoms with Gasteiger partial charge in [0.25, 0.3) is 0 Å². The van der Waals surface area contributed by atoms with E-state index in [0.29, 0.717) is 30.2 Å². The molecule has 2 atom stereocenters. The second-order valence-electron chi connectivity index (χ2n) is 6.42. The van der Waals surface area contributed by atoms with E-state index in [-0.39, 0.29) is 5.91 Å². The lowest BCUT2D eigenvalue weighted by molar-refractivity contribution is -0.125. The lowest BCUT2D eigenvalue weighted by Crippen LogP contribution is -2.53. The third-order valence-corrected chi connectivity index (χ3v) is 4.47. The lowest BCUT2D eigenvalue weighted by Gasteiger charge is -2.34. The Labute approximate surface area is 164 Å². The first kappa shape index (κ1) is 19.2. The molecule has 1 fully saturated rings. The molecule has 1 heterocycles. The molecule has 1 saturated heterocycles. The van der Waals surface area contributed by atoms with Crippen LogP contribution in [0.1, 0.15) is 17.2 Å². The summed E-state index contributed by atoms with van der Waals surface area (Å²) in [5.74, 6) is -0.331. The molecule has 0 unspecified atom stereocenters. The van der Waals surface area contributed by atoms with Crippen molar-refractivity contribution in [3.8, 4) is 5.75 Å². The number of ether oxygens (including phenoxy) is 1. The summed E-state index contributed by atoms with van der Waals surface area (Å²) in [4.78, 5) is 25.0. The SMILES string of the molecule is C=CCOc1ccccc1[C@H]1NC(=O)NC(=C)[C@@H]1C(=O)NCc1ccccc1. The number of carbonyl (C=O) groups excluding carboxylic acids is 2. The summed E-state index contributed by atoms with van der Waals surface area (Å²) >= 11 is 0. The van der Waals surface area contributed by atoms with Gasteiger partial charge in [-0.15, -0.1) is 0 Å². The average molecular weight is 377 g/mol. The minimum atomic E-state index is -0.685. The third kappa shape index (κ3) is 4.40. The number of para-hydroxylation sites is 1. The minimum Gasteiger partial charge on any atom is -0.489 e. The van der Waals surface area contributed by atoms with E-state index in [1.165, 1.54) is 0 Å². The third-order valence-electron chi connectivity index (χ3n) is 4.47. The van der Waals surface area contributed by atoms with Crippen molar-refractivity contribution >= 4 is 11.9 Å². The van der Waals surface area contributed by atoms with Crippen molar-refractivity contribution < 1.29 is 14.3 Å². The van der Waals surface area contributed by atoms with Crippen molar-refractivity contribution in [3.63, 3.8) is 0 Å². The van der Waals surface area contributed by atoms with Gasteiger partial charge in [0.2, 0.25) is 5.91 Å². The summed E-state index contributed by atoms with van der Waals surface area (Å²) < 4.78 is 5.72. The molecular formula is C22H23N3O3. The van der Waals surface area contributed by atoms with E-state index < -0.39 is 18.0 Å². The molecule has 0 radical (unpaired) electrons. The molecule has 2 aromatic carbocycles. The molecule has 6 nitrogen and oxygen atoms in total. The number of benzene rings is 2. The fraction of sp³-hybridized carbons (Fsp3) is 0.182. The Bertz CT molecular complexity index is 880. The van der Waals surface area contributed by atoms with E-state index in [0.717, 1.165) is 5.56 Å². The number of nitrogens with one attached hydrogen (secondary N) is 3. The van der Waals surface area contributed by atoms with Gasteiger partial charge in [0, 0.05) is 17.8 Å². The van der Waals surface area contributed by atoms with Crippen LogP contribution in [0.25, 0.3) is 0 Å². The molecule has 3 amide bonds. The van der Waals surface area contributed by atoms with E-state index in [9.17, 15) is 9.59 Å². The highest BCUT2D eigenvalue weighted by atomic mass is 16.5. The second-order valence-corrected chi connectivity index (χ2v) is 6.42. The average Bonchev–Trinajstić information content (AvgIpc) is 2.71. The molecule has 28 heavy (non-hydrogen) atoms. The zero-order valence-corrected chi connectivity index (χ0v) is 15.5. The van der Waals surface area contributed by atoms with Crippen molar-refractivity contribution in [1.29, 1.82) is 0 Å². The Morgan fingerprint density at radius 3 is 2.61 bits per heavy atom. The fourth-order valence-corrected chi connectivity index (χ4v) is 3.16. The maximum Gasteiger partial charge on any atom is 0.319 e. The van der Waals surface area contributed by atoms with Gasteiger partial charge in [-0.1, -0.05) is 67.8 Å². The molecule has 1 aliphatic rings. The van der Waals surface area contributed by atoms with E-state index in [2.05, 4.69) is 29.1 Å². The van der Waals surface area contributed by atoms with Crippen LogP contribution in [0.3, 0.4) is 0 Å². The Kier molecular flexibility index (Phi) is 6.11. The lowest BCUT2D eigenvalue weighted by atomic mass is 9.87. The van der Waals surface area contributed by atoms with Crippen LogP contribution in [0, 0.1) is 5.92 Å². The van der Waals surface area contributed by atoms with E-state index in [1.807, 2.05) is 48.5 Å². The normalized spacial score (nSPS) is 18.6. The van der Waals surface area contributed by atoms with E-state index >= 15 is 0 Å². The number of urea groups is 1. The quantitative estimate of drug-likeness (QED) is 0.649. The number of rotatable bonds is 7. The van der Waals surface area contributed by atoms with Crippen molar-refractivity contribution in [2.75, 3.05) is 6.61 Å². The van der Waals surface area contributed by atoms with Gasteiger partial charge in [-0.3, -0.25) is 4.79 Å². The Hall–Kier alpha value is -3.54. The highest BCUT2D eigenvalue weighted by molar-refractivity contribution is 5.88. The molecule has 6 heteroatoms. The van der Waals surface area contributed by atoms with Gasteiger partial charge in [-0.05, 0) is 11.6 Å². The van der Waals surface area contributed by atoms with Crippen molar-refractivity contribution in [1.82, 2.24) is 16.0 Å². The first-order valence-electron chi connectivity index (χ1n) is 9.00. The molecular weight excluding hydrogens is 354 g/mol. The van der Waals surface area contributed by atoms with E-state index in [4.69, 9.17) is 4.74 Å². The predicted octanol–water partition coefficient (Wildman–Crippen LogP) is 3.05. The van der Waals surface area contributed by atoms with Crippen LogP contribution in [-0.2, 0) is 11.3 Å². The molecule has 144 valence electrons. The minimum absolute atomic E-state index is 0.232. The molecule has 0 aromatic heterocycles. The molecule has 3 N–H and O–H groups in total. The van der Waals surface area contributed by atoms with Gasteiger partial charge in [0.15, 0.2) is 0 Å². The van der Waals surface area contributed by atoms with Crippen LogP contribution in [0.15, 0.2) is 79.5 Å². The van der Waals surface area contributed by atoms with Crippen LogP contribution < -0.4 is 20.7 Å². The second kappa shape index (κ2) is 8.90. The van der Waals surface area contributed by atoms with Gasteiger partial charge in [0.05, 0.1) is 6.04 Å². The topological polar surface area (TPSA) is 79.5 Å². The van der Waals surface area contributed by atoms with Crippen molar-refractivity contribution in [3.05, 3.63) is 90.7 Å². The van der Waals surface area contributed by atoms with Crippen LogP contribution in [0.5, 0.6) is 5.75 Å². The van der Waals surface area contributed by atoms with Gasteiger partial charge in [-0.2, -0.15) is 0 Å². The van der Waals surface area contributed by atoms with Gasteiger partial charge in [0.1, 0.15) is 18.3 Å². The Morgan fingerprint density at radius 2 is 1.86 bits per heavy atom. The summed E-state index contributed by atoms with van der Waals surface area (Å²) in [6, 6.07) is 15.9. The van der Waals surface area contributed by atoms with Crippen LogP contribution in [0.2, 0.25) is 0 Å². The van der Waals surface area contributed by atoms with Crippen LogP contribution >= 0.6 is 0 Å². The summed E-state index contributed by atoms with van der Waals surface area (Å²) in [5.41, 5.74) is 2.04. The molecule has 0 saturated carbocycles. The number of carbonyl (C=O) groups is 2. The molecule has 3 rings (SSSR count). The van der Waals surface area contributed by atoms with Gasteiger partial charge < -0.3 is 20.7 Å². The molecule has 1 aliphatic heterocycles. The maximum absolute atomic E-state index is 13.0. The fourth-order valence-electron chi connectivity index (χ4n) is 3.16. The van der Waals surface area contributed by atoms with Crippen molar-refractivity contribution in [2.45, 2.75) is 12.6 Å². The number of amides is 3. The molecule has 0 aliphatic carbocycles. The summed E-state index contributed by atoms with van der Waals surface area (Å²) in [6.45, 7) is 8.26. The smallest absolute Gasteiger partial charge is 0.319 e. The number of hydrogen-bond acceptors (Lipinski definition) is 3. The van der Waals surface area contributed by atoms with Crippen LogP contribution in [-0.4, -0.2) is 18.5 Å². The maximum atomic E-state index is 13.0.